The van der Waals surface area contributed by atoms with Crippen molar-refractivity contribution >= 4 is 27.5 Å². The van der Waals surface area contributed by atoms with Gasteiger partial charge in [0.15, 0.2) is 0 Å². The number of nitro benzene ring substituents is 1. The number of benzene rings is 1. The lowest BCUT2D eigenvalue weighted by atomic mass is 10.2. The first kappa shape index (κ1) is 10.6. The molecule has 2 N–H and O–H groups in total. The van der Waals surface area contributed by atoms with Crippen LogP contribution in [0.3, 0.4) is 0 Å². The molecule has 0 unspecified atom stereocenters. The van der Waals surface area contributed by atoms with E-state index >= 15 is 0 Å². The van der Waals surface area contributed by atoms with E-state index in [1.54, 1.807) is 0 Å². The molecular weight excluding hydrogens is 259 g/mol. The highest BCUT2D eigenvalue weighted by Gasteiger charge is 2.19. The van der Waals surface area contributed by atoms with Gasteiger partial charge in [-0.15, -0.1) is 0 Å². The van der Waals surface area contributed by atoms with Gasteiger partial charge in [-0.1, -0.05) is 0 Å². The Kier molecular flexibility index (Phi) is 2.80. The topological polar surface area (TPSA) is 86.2 Å². The van der Waals surface area contributed by atoms with Gasteiger partial charge in [-0.2, -0.15) is 4.39 Å². The molecule has 5 nitrogen and oxygen atoms in total. The lowest BCUT2D eigenvalue weighted by Crippen LogP contribution is -2.12. The lowest BCUT2D eigenvalue weighted by molar-refractivity contribution is -0.387. The summed E-state index contributed by atoms with van der Waals surface area (Å²) in [6, 6.07) is 1.62. The highest BCUT2D eigenvalue weighted by atomic mass is 79.9. The molecule has 0 saturated carbocycles. The first-order chi connectivity index (χ1) is 6.43. The Bertz CT molecular complexity index is 382. The summed E-state index contributed by atoms with van der Waals surface area (Å²) in [5, 5.41) is 10.3. The van der Waals surface area contributed by atoms with E-state index in [9.17, 15) is 19.3 Å². The predicted molar refractivity (Wildman–Crippen MR) is 49.3 cm³/mol. The number of carbonyl (C=O) groups is 1. The second-order valence-corrected chi connectivity index (χ2v) is 3.26. The molecule has 74 valence electrons. The molecule has 0 spiro atoms. The number of primary amides is 1. The van der Waals surface area contributed by atoms with Crippen LogP contribution in [0.15, 0.2) is 16.6 Å². The maximum Gasteiger partial charge on any atom is 0.305 e. The van der Waals surface area contributed by atoms with E-state index in [2.05, 4.69) is 15.9 Å². The van der Waals surface area contributed by atoms with E-state index < -0.39 is 22.3 Å². The molecule has 1 rings (SSSR count). The van der Waals surface area contributed by atoms with Crippen molar-refractivity contribution in [3.05, 3.63) is 38.1 Å². The summed E-state index contributed by atoms with van der Waals surface area (Å²) < 4.78 is 13.1. The van der Waals surface area contributed by atoms with E-state index in [4.69, 9.17) is 5.73 Å². The average Bonchev–Trinajstić information content (AvgIpc) is 2.07. The number of rotatable bonds is 2. The van der Waals surface area contributed by atoms with E-state index in [1.165, 1.54) is 0 Å². The number of nitro groups is 1. The minimum absolute atomic E-state index is 0.0955. The van der Waals surface area contributed by atoms with Gasteiger partial charge in [0.2, 0.25) is 11.7 Å². The van der Waals surface area contributed by atoms with E-state index in [0.29, 0.717) is 0 Å². The Labute approximate surface area is 86.0 Å². The van der Waals surface area contributed by atoms with Gasteiger partial charge in [0.25, 0.3) is 0 Å². The smallest absolute Gasteiger partial charge is 0.305 e. The van der Waals surface area contributed by atoms with Gasteiger partial charge in [-0.25, -0.2) is 0 Å². The van der Waals surface area contributed by atoms with Gasteiger partial charge in [-0.05, 0) is 22.0 Å². The number of hydrogen-bond acceptors (Lipinski definition) is 3. The third kappa shape index (κ3) is 1.87. The van der Waals surface area contributed by atoms with Crippen LogP contribution < -0.4 is 5.73 Å². The van der Waals surface area contributed by atoms with E-state index in [1.807, 2.05) is 0 Å². The third-order valence-electron chi connectivity index (χ3n) is 1.50. The Balaban J connectivity index is 3.38. The number of halogens is 2. The minimum Gasteiger partial charge on any atom is -0.366 e. The van der Waals surface area contributed by atoms with Gasteiger partial charge < -0.3 is 5.73 Å². The highest BCUT2D eigenvalue weighted by Crippen LogP contribution is 2.25. The van der Waals surface area contributed by atoms with Crippen molar-refractivity contribution in [3.8, 4) is 0 Å². The van der Waals surface area contributed by atoms with Gasteiger partial charge >= 0.3 is 5.69 Å². The zero-order valence-corrected chi connectivity index (χ0v) is 8.25. The van der Waals surface area contributed by atoms with Crippen LogP contribution in [0.5, 0.6) is 0 Å². The van der Waals surface area contributed by atoms with Gasteiger partial charge in [-0.3, -0.25) is 14.9 Å². The van der Waals surface area contributed by atoms with E-state index in [-0.39, 0.29) is 10.0 Å². The molecule has 1 aromatic rings. The molecule has 14 heavy (non-hydrogen) atoms. The summed E-state index contributed by atoms with van der Waals surface area (Å²) in [7, 11) is 0. The quantitative estimate of drug-likeness (QED) is 0.649. The van der Waals surface area contributed by atoms with Crippen LogP contribution >= 0.6 is 15.9 Å². The summed E-state index contributed by atoms with van der Waals surface area (Å²) >= 11 is 2.88. The van der Waals surface area contributed by atoms with Crippen LogP contribution in [0.4, 0.5) is 10.1 Å². The van der Waals surface area contributed by atoms with Crippen LogP contribution in [0.1, 0.15) is 10.4 Å². The predicted octanol–water partition coefficient (Wildman–Crippen LogP) is 1.60. The first-order valence-corrected chi connectivity index (χ1v) is 4.16. The van der Waals surface area contributed by atoms with Crippen LogP contribution in [0.25, 0.3) is 0 Å². The molecule has 0 radical (unpaired) electrons. The van der Waals surface area contributed by atoms with Crippen molar-refractivity contribution in [2.45, 2.75) is 0 Å². The summed E-state index contributed by atoms with van der Waals surface area (Å²) in [5.74, 6) is -1.95. The second kappa shape index (κ2) is 3.70. The fourth-order valence-electron chi connectivity index (χ4n) is 0.865. The molecule has 0 saturated heterocycles. The number of nitrogens with zero attached hydrogens (tertiary/aromatic N) is 1. The molecule has 0 aromatic heterocycles. The number of amides is 1. The second-order valence-electron chi connectivity index (χ2n) is 2.40. The molecule has 0 aliphatic carbocycles. The minimum atomic E-state index is -1.09. The summed E-state index contributed by atoms with van der Waals surface area (Å²) in [6.45, 7) is 0. The van der Waals surface area contributed by atoms with Crippen LogP contribution in [0.2, 0.25) is 0 Å². The van der Waals surface area contributed by atoms with Gasteiger partial charge in [0.05, 0.1) is 10.5 Å². The lowest BCUT2D eigenvalue weighted by Gasteiger charge is -2.00. The maximum absolute atomic E-state index is 13.0. The molecule has 0 aliphatic rings. The maximum atomic E-state index is 13.0. The van der Waals surface area contributed by atoms with Crippen LogP contribution in [-0.4, -0.2) is 10.8 Å². The van der Waals surface area contributed by atoms with Crippen molar-refractivity contribution < 1.29 is 14.1 Å². The largest absolute Gasteiger partial charge is 0.366 e. The van der Waals surface area contributed by atoms with Gasteiger partial charge in [0.1, 0.15) is 0 Å². The molecule has 0 bridgehead atoms. The monoisotopic (exact) mass is 262 g/mol. The number of nitrogens with two attached hydrogens (primary N) is 1. The molecule has 1 aromatic carbocycles. The average molecular weight is 263 g/mol. The Hall–Kier alpha value is -1.50. The van der Waals surface area contributed by atoms with Crippen molar-refractivity contribution in [2.75, 3.05) is 0 Å². The zero-order valence-electron chi connectivity index (χ0n) is 6.66. The summed E-state index contributed by atoms with van der Waals surface area (Å²) in [4.78, 5) is 20.1. The van der Waals surface area contributed by atoms with Crippen molar-refractivity contribution in [1.29, 1.82) is 0 Å². The zero-order chi connectivity index (χ0) is 10.9. The van der Waals surface area contributed by atoms with Crippen molar-refractivity contribution in [3.63, 3.8) is 0 Å². The van der Waals surface area contributed by atoms with Crippen molar-refractivity contribution in [2.24, 2.45) is 5.73 Å². The van der Waals surface area contributed by atoms with Crippen LogP contribution in [-0.2, 0) is 0 Å². The molecule has 7 heteroatoms. The van der Waals surface area contributed by atoms with E-state index in [0.717, 1.165) is 12.1 Å². The Morgan fingerprint density at radius 2 is 2.14 bits per heavy atom. The molecule has 0 heterocycles. The van der Waals surface area contributed by atoms with Crippen molar-refractivity contribution in [1.82, 2.24) is 0 Å². The molecule has 1 amide bonds. The molecule has 0 aliphatic heterocycles. The SMILES string of the molecule is NC(=O)c1cc(F)c([N+](=O)[O-])cc1Br. The fraction of sp³-hybridized carbons (Fsp3) is 0. The number of carbonyl (C=O) groups excluding carboxylic acids is 1. The van der Waals surface area contributed by atoms with Crippen LogP contribution in [0, 0.1) is 15.9 Å². The standard InChI is InChI=1S/C7H4BrFN2O3/c8-4-2-6(11(13)14)5(9)1-3(4)7(10)12/h1-2H,(H2,10,12). The third-order valence-corrected chi connectivity index (χ3v) is 2.15. The first-order valence-electron chi connectivity index (χ1n) is 3.36. The fourth-order valence-corrected chi connectivity index (χ4v) is 1.39. The molecule has 0 fully saturated rings. The normalized spacial score (nSPS) is 9.86. The Morgan fingerprint density at radius 3 is 2.57 bits per heavy atom. The summed E-state index contributed by atoms with van der Waals surface area (Å²) in [5.41, 5.74) is 4.07. The summed E-state index contributed by atoms with van der Waals surface area (Å²) in [6.07, 6.45) is 0. The van der Waals surface area contributed by atoms with Gasteiger partial charge in [0, 0.05) is 10.5 Å². The number of hydrogen-bond donors (Lipinski definition) is 1. The highest BCUT2D eigenvalue weighted by molar-refractivity contribution is 9.10. The molecule has 0 atom stereocenters. The molecular formula is C7H4BrFN2O3. The Morgan fingerprint density at radius 1 is 1.57 bits per heavy atom.